The standard InChI is InChI=1S/C2H6S.N/c1-3-2;/h1-2H3;. The third-order valence-electron chi connectivity index (χ3n) is 0. The van der Waals surface area contributed by atoms with Gasteiger partial charge in [-0.1, -0.05) is 0 Å². The first kappa shape index (κ1) is 8.85. The van der Waals surface area contributed by atoms with Gasteiger partial charge in [0.25, 0.3) is 0 Å². The van der Waals surface area contributed by atoms with E-state index in [1.807, 2.05) is 12.5 Å². The molecule has 0 spiro atoms. The SMILES string of the molecule is CSC.[N]. The predicted octanol–water partition coefficient (Wildman–Crippen LogP) is 0.499. The zero-order valence-electron chi connectivity index (χ0n) is 2.86. The van der Waals surface area contributed by atoms with Crippen molar-refractivity contribution in [3.63, 3.8) is 0 Å². The molecule has 0 rings (SSSR count). The van der Waals surface area contributed by atoms with Crippen LogP contribution in [-0.4, -0.2) is 12.5 Å². The van der Waals surface area contributed by atoms with Crippen molar-refractivity contribution < 1.29 is 0 Å². The van der Waals surface area contributed by atoms with Crippen LogP contribution in [0.1, 0.15) is 0 Å². The second kappa shape index (κ2) is 10.3. The zero-order valence-corrected chi connectivity index (χ0v) is 3.67. The van der Waals surface area contributed by atoms with Crippen LogP contribution in [-0.2, 0) is 0 Å². The molecule has 0 aliphatic heterocycles. The van der Waals surface area contributed by atoms with Crippen LogP contribution >= 0.6 is 11.8 Å². The minimum Gasteiger partial charge on any atom is -0.169 e. The second-order valence-electron chi connectivity index (χ2n) is 0.408. The van der Waals surface area contributed by atoms with Gasteiger partial charge in [-0.2, -0.15) is 11.8 Å². The lowest BCUT2D eigenvalue weighted by Gasteiger charge is -1.51. The van der Waals surface area contributed by atoms with E-state index in [-0.39, 0.29) is 6.15 Å². The largest absolute Gasteiger partial charge is 0.169 e. The maximum Gasteiger partial charge on any atom is 0 e. The molecule has 0 aliphatic rings. The summed E-state index contributed by atoms with van der Waals surface area (Å²) in [5.41, 5.74) is 0. The molecule has 0 aromatic heterocycles. The minimum atomic E-state index is 0. The number of nitrogens with zero attached hydrogens (tertiary/aromatic N) is 1. The van der Waals surface area contributed by atoms with Crippen molar-refractivity contribution in [1.29, 1.82) is 0 Å². The average Bonchev–Trinajstić information content (AvgIpc) is 0.918. The third-order valence-corrected chi connectivity index (χ3v) is 0. The zero-order chi connectivity index (χ0) is 2.71. The molecule has 0 N–H and O–H groups in total. The van der Waals surface area contributed by atoms with Gasteiger partial charge in [0.1, 0.15) is 0 Å². The van der Waals surface area contributed by atoms with Crippen LogP contribution in [0.15, 0.2) is 0 Å². The molecule has 0 saturated carbocycles. The Morgan fingerprint density at radius 1 is 1.25 bits per heavy atom. The van der Waals surface area contributed by atoms with Gasteiger partial charge in [-0.3, -0.25) is 0 Å². The van der Waals surface area contributed by atoms with Crippen LogP contribution in [0, 0.1) is 0 Å². The first-order valence-corrected chi connectivity index (χ1v) is 2.45. The van der Waals surface area contributed by atoms with Crippen molar-refractivity contribution in [2.75, 3.05) is 12.5 Å². The van der Waals surface area contributed by atoms with Crippen LogP contribution < -0.4 is 6.15 Å². The average molecular weight is 76.1 g/mol. The molecule has 0 aromatic carbocycles. The summed E-state index contributed by atoms with van der Waals surface area (Å²) in [7, 11) is 0. The summed E-state index contributed by atoms with van der Waals surface area (Å²) in [6, 6.07) is 0. The molecular weight excluding hydrogens is 70.1 g/mol. The molecule has 1 nitrogen and oxygen atoms in total. The molecule has 0 atom stereocenters. The van der Waals surface area contributed by atoms with Crippen LogP contribution in [0.4, 0.5) is 0 Å². The molecule has 0 bridgehead atoms. The Morgan fingerprint density at radius 3 is 1.25 bits per heavy atom. The summed E-state index contributed by atoms with van der Waals surface area (Å²) < 4.78 is 0. The van der Waals surface area contributed by atoms with Crippen LogP contribution in [0.25, 0.3) is 0 Å². The van der Waals surface area contributed by atoms with Gasteiger partial charge in [0, 0.05) is 6.15 Å². The van der Waals surface area contributed by atoms with Crippen LogP contribution in [0.3, 0.4) is 0 Å². The van der Waals surface area contributed by atoms with Crippen molar-refractivity contribution in [1.82, 2.24) is 6.15 Å². The van der Waals surface area contributed by atoms with Gasteiger partial charge in [0.15, 0.2) is 0 Å². The molecule has 0 amide bonds. The smallest absolute Gasteiger partial charge is 0 e. The highest BCUT2D eigenvalue weighted by molar-refractivity contribution is 7.97. The lowest BCUT2D eigenvalue weighted by atomic mass is 11.9. The second-order valence-corrected chi connectivity index (χ2v) is 1.22. The molecule has 0 aromatic rings. The van der Waals surface area contributed by atoms with Gasteiger partial charge in [0.05, 0.1) is 0 Å². The van der Waals surface area contributed by atoms with Crippen molar-refractivity contribution in [3.8, 4) is 0 Å². The Kier molecular flexibility index (Phi) is 22.8. The van der Waals surface area contributed by atoms with E-state index in [1.54, 1.807) is 11.8 Å². The third kappa shape index (κ3) is 41.3. The minimum absolute atomic E-state index is 0. The molecule has 0 saturated heterocycles. The highest BCUT2D eigenvalue weighted by Crippen LogP contribution is 1.70. The van der Waals surface area contributed by atoms with E-state index in [0.29, 0.717) is 0 Å². The quantitative estimate of drug-likeness (QED) is 0.413. The van der Waals surface area contributed by atoms with Crippen molar-refractivity contribution >= 4 is 11.8 Å². The van der Waals surface area contributed by atoms with Gasteiger partial charge >= 0.3 is 0 Å². The Balaban J connectivity index is 0. The molecular formula is C2H6NS. The fourth-order valence-electron chi connectivity index (χ4n) is 0. The summed E-state index contributed by atoms with van der Waals surface area (Å²) in [5.74, 6) is 0. The Bertz CT molecular complexity index is 6.00. The maximum absolute atomic E-state index is 2.04. The summed E-state index contributed by atoms with van der Waals surface area (Å²) in [6.07, 6.45) is 4.08. The Morgan fingerprint density at radius 2 is 1.25 bits per heavy atom. The molecule has 2 heteroatoms. The molecule has 3 radical (unpaired) electrons. The van der Waals surface area contributed by atoms with Crippen molar-refractivity contribution in [2.45, 2.75) is 0 Å². The van der Waals surface area contributed by atoms with E-state index < -0.39 is 0 Å². The predicted molar refractivity (Wildman–Crippen MR) is 21.6 cm³/mol. The first-order chi connectivity index (χ1) is 1.41. The highest BCUT2D eigenvalue weighted by Gasteiger charge is 1.32. The summed E-state index contributed by atoms with van der Waals surface area (Å²) in [6.45, 7) is 0. The topological polar surface area (TPSA) is 30.5 Å². The summed E-state index contributed by atoms with van der Waals surface area (Å²) in [5, 5.41) is 0. The Labute approximate surface area is 31.4 Å². The molecule has 0 fully saturated rings. The fourth-order valence-corrected chi connectivity index (χ4v) is 0. The first-order valence-electron chi connectivity index (χ1n) is 0.816. The number of rotatable bonds is 0. The van der Waals surface area contributed by atoms with E-state index in [4.69, 9.17) is 0 Å². The van der Waals surface area contributed by atoms with Crippen molar-refractivity contribution in [3.05, 3.63) is 0 Å². The van der Waals surface area contributed by atoms with Gasteiger partial charge in [0.2, 0.25) is 0 Å². The molecule has 25 valence electrons. The molecule has 0 heterocycles. The summed E-state index contributed by atoms with van der Waals surface area (Å²) in [4.78, 5) is 0. The Hall–Kier alpha value is 0.310. The van der Waals surface area contributed by atoms with E-state index in [0.717, 1.165) is 0 Å². The fraction of sp³-hybridized carbons (Fsp3) is 1.00. The molecule has 0 unspecified atom stereocenters. The lowest BCUT2D eigenvalue weighted by Crippen LogP contribution is -1.25. The normalized spacial score (nSPS) is 4.50. The maximum atomic E-state index is 2.04. The van der Waals surface area contributed by atoms with Gasteiger partial charge in [-0.05, 0) is 12.5 Å². The van der Waals surface area contributed by atoms with Gasteiger partial charge in [-0.25, -0.2) is 0 Å². The lowest BCUT2D eigenvalue weighted by molar-refractivity contribution is 2.13. The number of hydrogen-bond acceptors (Lipinski definition) is 1. The molecule has 4 heavy (non-hydrogen) atoms. The van der Waals surface area contributed by atoms with Crippen molar-refractivity contribution in [2.24, 2.45) is 0 Å². The van der Waals surface area contributed by atoms with Crippen LogP contribution in [0.2, 0.25) is 0 Å². The van der Waals surface area contributed by atoms with E-state index in [2.05, 4.69) is 0 Å². The highest BCUT2D eigenvalue weighted by atomic mass is 32.2. The number of hydrogen-bond donors (Lipinski definition) is 0. The molecule has 0 aliphatic carbocycles. The monoisotopic (exact) mass is 76.0 g/mol. The number of thioether (sulfide) groups is 1. The van der Waals surface area contributed by atoms with Gasteiger partial charge < -0.3 is 0 Å². The van der Waals surface area contributed by atoms with E-state index in [9.17, 15) is 0 Å². The van der Waals surface area contributed by atoms with E-state index in [1.165, 1.54) is 0 Å². The van der Waals surface area contributed by atoms with Crippen LogP contribution in [0.5, 0.6) is 0 Å². The summed E-state index contributed by atoms with van der Waals surface area (Å²) >= 11 is 1.75. The van der Waals surface area contributed by atoms with Gasteiger partial charge in [-0.15, -0.1) is 0 Å². The van der Waals surface area contributed by atoms with E-state index >= 15 is 0 Å².